The first-order valence-corrected chi connectivity index (χ1v) is 4.73. The highest BCUT2D eigenvalue weighted by atomic mass is 35.5. The van der Waals surface area contributed by atoms with Crippen molar-refractivity contribution in [2.45, 2.75) is 12.3 Å². The lowest BCUT2D eigenvalue weighted by Crippen LogP contribution is -2.21. The van der Waals surface area contributed by atoms with E-state index >= 15 is 0 Å². The average molecular weight is 220 g/mol. The van der Waals surface area contributed by atoms with Gasteiger partial charge in [-0.2, -0.15) is 0 Å². The van der Waals surface area contributed by atoms with Crippen molar-refractivity contribution >= 4 is 11.6 Å². The largest absolute Gasteiger partial charge is 0.320 e. The summed E-state index contributed by atoms with van der Waals surface area (Å²) in [6.45, 7) is 0.262. The molecule has 1 N–H and O–H groups in total. The van der Waals surface area contributed by atoms with Crippen molar-refractivity contribution in [3.8, 4) is 0 Å². The molecule has 0 fully saturated rings. The van der Waals surface area contributed by atoms with E-state index in [-0.39, 0.29) is 23.6 Å². The SMILES string of the molecule is CNCCC(F)(F)c1ccccc1Cl. The number of alkyl halides is 2. The molecule has 0 aliphatic carbocycles. The highest BCUT2D eigenvalue weighted by molar-refractivity contribution is 6.31. The fraction of sp³-hybridized carbons (Fsp3) is 0.400. The van der Waals surface area contributed by atoms with Gasteiger partial charge in [0.25, 0.3) is 5.92 Å². The van der Waals surface area contributed by atoms with E-state index in [9.17, 15) is 8.78 Å². The normalized spacial score (nSPS) is 11.7. The molecule has 1 nitrogen and oxygen atoms in total. The summed E-state index contributed by atoms with van der Waals surface area (Å²) in [5, 5.41) is 2.81. The zero-order valence-electron chi connectivity index (χ0n) is 7.86. The summed E-state index contributed by atoms with van der Waals surface area (Å²) in [4.78, 5) is 0. The Bertz CT molecular complexity index is 302. The lowest BCUT2D eigenvalue weighted by molar-refractivity contribution is -0.0122. The molecule has 78 valence electrons. The fourth-order valence-electron chi connectivity index (χ4n) is 1.17. The number of halogens is 3. The van der Waals surface area contributed by atoms with Crippen LogP contribution in [-0.2, 0) is 5.92 Å². The van der Waals surface area contributed by atoms with E-state index in [1.54, 1.807) is 19.2 Å². The van der Waals surface area contributed by atoms with Crippen LogP contribution < -0.4 is 5.32 Å². The molecule has 0 aromatic heterocycles. The monoisotopic (exact) mass is 219 g/mol. The van der Waals surface area contributed by atoms with Crippen molar-refractivity contribution in [1.29, 1.82) is 0 Å². The highest BCUT2D eigenvalue weighted by Gasteiger charge is 2.32. The summed E-state index contributed by atoms with van der Waals surface area (Å²) in [6.07, 6.45) is -0.243. The zero-order chi connectivity index (χ0) is 10.6. The van der Waals surface area contributed by atoms with Gasteiger partial charge in [0.15, 0.2) is 0 Å². The minimum Gasteiger partial charge on any atom is -0.320 e. The molecular formula is C10H12ClF2N. The summed E-state index contributed by atoms with van der Waals surface area (Å²) in [6, 6.07) is 6.04. The maximum absolute atomic E-state index is 13.5. The molecule has 0 radical (unpaired) electrons. The molecule has 0 heterocycles. The standard InChI is InChI=1S/C10H12ClF2N/c1-14-7-6-10(12,13)8-4-2-3-5-9(8)11/h2-5,14H,6-7H2,1H3. The Labute approximate surface area is 87.1 Å². The topological polar surface area (TPSA) is 12.0 Å². The minimum absolute atomic E-state index is 0.100. The summed E-state index contributed by atoms with van der Waals surface area (Å²) >= 11 is 5.69. The second-order valence-corrected chi connectivity index (χ2v) is 3.45. The number of hydrogen-bond acceptors (Lipinski definition) is 1. The summed E-state index contributed by atoms with van der Waals surface area (Å²) in [7, 11) is 1.64. The number of benzene rings is 1. The van der Waals surface area contributed by atoms with E-state index in [1.807, 2.05) is 0 Å². The summed E-state index contributed by atoms with van der Waals surface area (Å²) in [5.74, 6) is -2.86. The van der Waals surface area contributed by atoms with E-state index in [0.717, 1.165) is 0 Å². The Morgan fingerprint density at radius 2 is 2.00 bits per heavy atom. The third kappa shape index (κ3) is 2.66. The molecule has 0 bridgehead atoms. The van der Waals surface area contributed by atoms with Gasteiger partial charge in [-0.1, -0.05) is 29.8 Å². The molecule has 0 spiro atoms. The van der Waals surface area contributed by atoms with Crippen molar-refractivity contribution in [1.82, 2.24) is 5.32 Å². The quantitative estimate of drug-likeness (QED) is 0.821. The Morgan fingerprint density at radius 3 is 2.57 bits per heavy atom. The van der Waals surface area contributed by atoms with Crippen molar-refractivity contribution < 1.29 is 8.78 Å². The molecule has 0 amide bonds. The fourth-order valence-corrected chi connectivity index (χ4v) is 1.45. The lowest BCUT2D eigenvalue weighted by atomic mass is 10.1. The van der Waals surface area contributed by atoms with Gasteiger partial charge >= 0.3 is 0 Å². The average Bonchev–Trinajstić information content (AvgIpc) is 2.15. The second kappa shape index (κ2) is 4.71. The minimum atomic E-state index is -2.86. The molecule has 4 heteroatoms. The van der Waals surface area contributed by atoms with Gasteiger partial charge in [0.05, 0.1) is 0 Å². The van der Waals surface area contributed by atoms with Gasteiger partial charge in [-0.05, 0) is 13.1 Å². The van der Waals surface area contributed by atoms with Crippen LogP contribution in [0.5, 0.6) is 0 Å². The van der Waals surface area contributed by atoms with Crippen LogP contribution in [0.25, 0.3) is 0 Å². The van der Waals surface area contributed by atoms with Crippen LogP contribution in [0.3, 0.4) is 0 Å². The van der Waals surface area contributed by atoms with E-state index in [2.05, 4.69) is 5.32 Å². The Morgan fingerprint density at radius 1 is 1.36 bits per heavy atom. The Kier molecular flexibility index (Phi) is 3.84. The van der Waals surface area contributed by atoms with E-state index < -0.39 is 5.92 Å². The van der Waals surface area contributed by atoms with Crippen LogP contribution in [-0.4, -0.2) is 13.6 Å². The Balaban J connectivity index is 2.86. The Hall–Kier alpha value is -0.670. The van der Waals surface area contributed by atoms with Gasteiger partial charge in [0.1, 0.15) is 0 Å². The maximum atomic E-state index is 13.5. The molecule has 0 aliphatic rings. The molecule has 1 aromatic carbocycles. The van der Waals surface area contributed by atoms with E-state index in [1.165, 1.54) is 12.1 Å². The third-order valence-electron chi connectivity index (χ3n) is 1.96. The van der Waals surface area contributed by atoms with Gasteiger partial charge in [-0.3, -0.25) is 0 Å². The van der Waals surface area contributed by atoms with E-state index in [0.29, 0.717) is 0 Å². The molecular weight excluding hydrogens is 208 g/mol. The first kappa shape index (κ1) is 11.4. The predicted octanol–water partition coefficient (Wildman–Crippen LogP) is 3.04. The highest BCUT2D eigenvalue weighted by Crippen LogP contribution is 2.35. The molecule has 1 rings (SSSR count). The van der Waals surface area contributed by atoms with Gasteiger partial charge in [-0.15, -0.1) is 0 Å². The molecule has 14 heavy (non-hydrogen) atoms. The molecule has 0 aliphatic heterocycles. The first-order chi connectivity index (χ1) is 6.58. The van der Waals surface area contributed by atoms with Crippen molar-refractivity contribution in [3.05, 3.63) is 34.9 Å². The number of hydrogen-bond donors (Lipinski definition) is 1. The molecule has 0 saturated heterocycles. The second-order valence-electron chi connectivity index (χ2n) is 3.04. The van der Waals surface area contributed by atoms with Crippen molar-refractivity contribution in [2.75, 3.05) is 13.6 Å². The van der Waals surface area contributed by atoms with Gasteiger partial charge in [0.2, 0.25) is 0 Å². The van der Waals surface area contributed by atoms with Crippen LogP contribution >= 0.6 is 11.6 Å². The number of rotatable bonds is 4. The van der Waals surface area contributed by atoms with Crippen LogP contribution in [0.2, 0.25) is 5.02 Å². The molecule has 0 unspecified atom stereocenters. The first-order valence-electron chi connectivity index (χ1n) is 4.35. The third-order valence-corrected chi connectivity index (χ3v) is 2.29. The van der Waals surface area contributed by atoms with Crippen LogP contribution in [0, 0.1) is 0 Å². The van der Waals surface area contributed by atoms with Gasteiger partial charge in [0, 0.05) is 23.6 Å². The molecule has 0 saturated carbocycles. The summed E-state index contributed by atoms with van der Waals surface area (Å²) < 4.78 is 27.0. The predicted molar refractivity (Wildman–Crippen MR) is 53.9 cm³/mol. The van der Waals surface area contributed by atoms with Crippen LogP contribution in [0.15, 0.2) is 24.3 Å². The smallest absolute Gasteiger partial charge is 0.275 e. The van der Waals surface area contributed by atoms with Crippen LogP contribution in [0.4, 0.5) is 8.78 Å². The van der Waals surface area contributed by atoms with Crippen LogP contribution in [0.1, 0.15) is 12.0 Å². The van der Waals surface area contributed by atoms with Gasteiger partial charge in [-0.25, -0.2) is 8.78 Å². The molecule has 0 atom stereocenters. The molecule has 1 aromatic rings. The number of nitrogens with one attached hydrogen (secondary N) is 1. The summed E-state index contributed by atoms with van der Waals surface area (Å²) in [5.41, 5.74) is -0.100. The van der Waals surface area contributed by atoms with Gasteiger partial charge < -0.3 is 5.32 Å². The zero-order valence-corrected chi connectivity index (χ0v) is 8.61. The van der Waals surface area contributed by atoms with Crippen molar-refractivity contribution in [2.24, 2.45) is 0 Å². The lowest BCUT2D eigenvalue weighted by Gasteiger charge is -2.17. The maximum Gasteiger partial charge on any atom is 0.275 e. The van der Waals surface area contributed by atoms with E-state index in [4.69, 9.17) is 11.6 Å². The van der Waals surface area contributed by atoms with Crippen molar-refractivity contribution in [3.63, 3.8) is 0 Å².